The average Bonchev–Trinajstić information content (AvgIpc) is 3.02. The highest BCUT2D eigenvalue weighted by Gasteiger charge is 2.21. The minimum absolute atomic E-state index is 0.00793. The molecule has 0 spiro atoms. The molecule has 0 aliphatic carbocycles. The first-order chi connectivity index (χ1) is 15.4. The Labute approximate surface area is 189 Å². The zero-order chi connectivity index (χ0) is 22.8. The van der Waals surface area contributed by atoms with E-state index in [1.807, 2.05) is 50.5 Å². The van der Waals surface area contributed by atoms with Crippen molar-refractivity contribution >= 4 is 34.1 Å². The van der Waals surface area contributed by atoms with E-state index in [4.69, 9.17) is 0 Å². The average molecular weight is 436 g/mol. The molecule has 2 N–H and O–H groups in total. The van der Waals surface area contributed by atoms with Crippen LogP contribution < -0.4 is 21.2 Å². The summed E-state index contributed by atoms with van der Waals surface area (Å²) < 4.78 is 3.58. The molecule has 0 bridgehead atoms. The fourth-order valence-corrected chi connectivity index (χ4v) is 4.79. The number of nitrogens with one attached hydrogen (secondary N) is 2. The number of urea groups is 1. The Morgan fingerprint density at radius 2 is 1.44 bits per heavy atom. The van der Waals surface area contributed by atoms with Gasteiger partial charge in [0.2, 0.25) is 0 Å². The van der Waals surface area contributed by atoms with Gasteiger partial charge in [0.25, 0.3) is 0 Å². The van der Waals surface area contributed by atoms with Gasteiger partial charge in [-0.25, -0.2) is 9.59 Å². The van der Waals surface area contributed by atoms with Crippen LogP contribution in [0.3, 0.4) is 0 Å². The molecule has 170 valence electrons. The monoisotopic (exact) mass is 435 g/mol. The van der Waals surface area contributed by atoms with E-state index in [9.17, 15) is 9.59 Å². The third-order valence-electron chi connectivity index (χ3n) is 6.19. The molecular weight excluding hydrogens is 402 g/mol. The second-order valence-corrected chi connectivity index (χ2v) is 8.63. The van der Waals surface area contributed by atoms with Crippen molar-refractivity contribution in [2.45, 2.75) is 60.0 Å². The number of rotatable bonds is 5. The Morgan fingerprint density at radius 1 is 0.844 bits per heavy atom. The first-order valence-corrected chi connectivity index (χ1v) is 11.6. The zero-order valence-electron chi connectivity index (χ0n) is 19.5. The van der Waals surface area contributed by atoms with Crippen LogP contribution in [0.4, 0.5) is 21.9 Å². The van der Waals surface area contributed by atoms with E-state index in [-0.39, 0.29) is 11.7 Å². The largest absolute Gasteiger partial charge is 0.370 e. The molecule has 1 aromatic heterocycles. The van der Waals surface area contributed by atoms with Crippen molar-refractivity contribution in [2.24, 2.45) is 0 Å². The van der Waals surface area contributed by atoms with Gasteiger partial charge in [-0.15, -0.1) is 0 Å². The Balaban J connectivity index is 1.75. The van der Waals surface area contributed by atoms with Crippen LogP contribution in [0.15, 0.2) is 35.1 Å². The number of piperidine rings is 1. The third kappa shape index (κ3) is 4.24. The van der Waals surface area contributed by atoms with Crippen molar-refractivity contribution in [3.63, 3.8) is 0 Å². The quantitative estimate of drug-likeness (QED) is 0.586. The van der Waals surface area contributed by atoms with Gasteiger partial charge in [-0.05, 0) is 82.3 Å². The van der Waals surface area contributed by atoms with Crippen molar-refractivity contribution in [3.8, 4) is 0 Å². The molecule has 4 rings (SSSR count). The number of nitrogens with zero attached hydrogens (tertiary/aromatic N) is 3. The molecule has 7 heteroatoms. The maximum absolute atomic E-state index is 12.9. The zero-order valence-corrected chi connectivity index (χ0v) is 19.5. The summed E-state index contributed by atoms with van der Waals surface area (Å²) in [6.45, 7) is 11.1. The van der Waals surface area contributed by atoms with E-state index in [1.165, 1.54) is 6.42 Å². The highest BCUT2D eigenvalue weighted by molar-refractivity contribution is 6.04. The van der Waals surface area contributed by atoms with Crippen LogP contribution >= 0.6 is 0 Å². The molecule has 1 aliphatic rings. The van der Waals surface area contributed by atoms with Gasteiger partial charge in [-0.3, -0.25) is 9.13 Å². The van der Waals surface area contributed by atoms with E-state index in [0.717, 1.165) is 65.2 Å². The first-order valence-electron chi connectivity index (χ1n) is 11.6. The van der Waals surface area contributed by atoms with Crippen LogP contribution in [-0.4, -0.2) is 28.3 Å². The molecule has 0 unspecified atom stereocenters. The maximum atomic E-state index is 12.9. The van der Waals surface area contributed by atoms with Crippen molar-refractivity contribution < 1.29 is 4.79 Å². The summed E-state index contributed by atoms with van der Waals surface area (Å²) in [6.07, 6.45) is 3.48. The topological polar surface area (TPSA) is 71.3 Å². The third-order valence-corrected chi connectivity index (χ3v) is 6.19. The number of aromatic nitrogens is 2. The van der Waals surface area contributed by atoms with E-state index in [2.05, 4.69) is 27.7 Å². The van der Waals surface area contributed by atoms with Gasteiger partial charge in [-0.1, -0.05) is 6.07 Å². The number of aryl methyl sites for hydroxylation is 4. The smallest absolute Gasteiger partial charge is 0.329 e. The van der Waals surface area contributed by atoms with Crippen molar-refractivity contribution in [3.05, 3.63) is 51.9 Å². The minimum Gasteiger partial charge on any atom is -0.370 e. The summed E-state index contributed by atoms with van der Waals surface area (Å²) in [6, 6.07) is 9.73. The molecule has 0 radical (unpaired) electrons. The number of amides is 2. The lowest BCUT2D eigenvalue weighted by Crippen LogP contribution is -2.31. The molecule has 0 saturated carbocycles. The second kappa shape index (κ2) is 9.10. The molecule has 1 fully saturated rings. The Morgan fingerprint density at radius 3 is 2.03 bits per heavy atom. The standard InChI is InChI=1S/C25H33N5O2/c1-5-29-22-15-20(27-24(31)26-19-13-17(3)12-18(4)14-19)21(28-10-8-7-9-11-28)16-23(22)30(6-2)25(29)32/h12-16H,5-11H2,1-4H3,(H2,26,27,31). The number of hydrogen-bond donors (Lipinski definition) is 2. The van der Waals surface area contributed by atoms with Crippen LogP contribution in [0.5, 0.6) is 0 Å². The number of carbonyl (C=O) groups excluding carboxylic acids is 1. The highest BCUT2D eigenvalue weighted by Crippen LogP contribution is 2.33. The highest BCUT2D eigenvalue weighted by atomic mass is 16.2. The van der Waals surface area contributed by atoms with Crippen molar-refractivity contribution in [1.82, 2.24) is 9.13 Å². The minimum atomic E-state index is -0.284. The molecule has 3 aromatic rings. The van der Waals surface area contributed by atoms with Gasteiger partial charge in [0.05, 0.1) is 22.4 Å². The van der Waals surface area contributed by atoms with Crippen LogP contribution in [-0.2, 0) is 13.1 Å². The van der Waals surface area contributed by atoms with E-state index in [0.29, 0.717) is 13.1 Å². The second-order valence-electron chi connectivity index (χ2n) is 8.63. The summed E-state index contributed by atoms with van der Waals surface area (Å²) in [5, 5.41) is 6.03. The summed E-state index contributed by atoms with van der Waals surface area (Å²) in [4.78, 5) is 28.2. The first kappa shape index (κ1) is 22.0. The lowest BCUT2D eigenvalue weighted by atomic mass is 10.1. The molecule has 32 heavy (non-hydrogen) atoms. The molecule has 7 nitrogen and oxygen atoms in total. The predicted octanol–water partition coefficient (Wildman–Crippen LogP) is 5.09. The molecule has 1 saturated heterocycles. The molecule has 2 aromatic carbocycles. The molecule has 1 aliphatic heterocycles. The van der Waals surface area contributed by atoms with Gasteiger partial charge in [0.15, 0.2) is 0 Å². The Bertz CT molecular complexity index is 1180. The number of carbonyl (C=O) groups is 1. The van der Waals surface area contributed by atoms with Gasteiger partial charge < -0.3 is 15.5 Å². The number of imidazole rings is 1. The van der Waals surface area contributed by atoms with Crippen LogP contribution in [0.25, 0.3) is 11.0 Å². The summed E-state index contributed by atoms with van der Waals surface area (Å²) >= 11 is 0. The SMILES string of the molecule is CCn1c(=O)n(CC)c2cc(N3CCCCC3)c(NC(=O)Nc3cc(C)cc(C)c3)cc21. The lowest BCUT2D eigenvalue weighted by Gasteiger charge is -2.31. The molecule has 0 atom stereocenters. The Kier molecular flexibility index (Phi) is 6.26. The molecule has 2 heterocycles. The van der Waals surface area contributed by atoms with E-state index < -0.39 is 0 Å². The normalized spacial score (nSPS) is 14.1. The lowest BCUT2D eigenvalue weighted by molar-refractivity contribution is 0.262. The van der Waals surface area contributed by atoms with Gasteiger partial charge >= 0.3 is 11.7 Å². The van der Waals surface area contributed by atoms with Crippen LogP contribution in [0, 0.1) is 13.8 Å². The fraction of sp³-hybridized carbons (Fsp3) is 0.440. The van der Waals surface area contributed by atoms with E-state index in [1.54, 1.807) is 4.57 Å². The fourth-order valence-electron chi connectivity index (χ4n) is 4.79. The summed E-state index contributed by atoms with van der Waals surface area (Å²) in [5.74, 6) is 0. The molecule has 2 amide bonds. The molecular formula is C25H33N5O2. The maximum Gasteiger partial charge on any atom is 0.329 e. The number of fused-ring (bicyclic) bond motifs is 1. The number of benzene rings is 2. The van der Waals surface area contributed by atoms with Crippen LogP contribution in [0.1, 0.15) is 44.2 Å². The number of anilines is 3. The summed E-state index contributed by atoms with van der Waals surface area (Å²) in [5.41, 5.74) is 6.43. The van der Waals surface area contributed by atoms with Crippen LogP contribution in [0.2, 0.25) is 0 Å². The summed E-state index contributed by atoms with van der Waals surface area (Å²) in [7, 11) is 0. The predicted molar refractivity (Wildman–Crippen MR) is 132 cm³/mol. The number of hydrogen-bond acceptors (Lipinski definition) is 3. The van der Waals surface area contributed by atoms with Gasteiger partial charge in [0, 0.05) is 31.9 Å². The Hall–Kier alpha value is -3.22. The van der Waals surface area contributed by atoms with E-state index >= 15 is 0 Å². The van der Waals surface area contributed by atoms with Crippen molar-refractivity contribution in [2.75, 3.05) is 28.6 Å². The van der Waals surface area contributed by atoms with Gasteiger partial charge in [0.1, 0.15) is 0 Å². The van der Waals surface area contributed by atoms with Crippen molar-refractivity contribution in [1.29, 1.82) is 0 Å². The van der Waals surface area contributed by atoms with Gasteiger partial charge in [-0.2, -0.15) is 0 Å².